The minimum absolute atomic E-state index is 0.0983. The van der Waals surface area contributed by atoms with Gasteiger partial charge in [-0.3, -0.25) is 4.79 Å². The van der Waals surface area contributed by atoms with E-state index >= 15 is 0 Å². The van der Waals surface area contributed by atoms with Crippen LogP contribution >= 0.6 is 11.3 Å². The van der Waals surface area contributed by atoms with E-state index in [0.717, 1.165) is 42.4 Å². The molecule has 0 aliphatic carbocycles. The highest BCUT2D eigenvalue weighted by Gasteiger charge is 2.11. The molecule has 0 fully saturated rings. The summed E-state index contributed by atoms with van der Waals surface area (Å²) in [5.74, 6) is 0. The van der Waals surface area contributed by atoms with Crippen molar-refractivity contribution in [1.29, 1.82) is 0 Å². The van der Waals surface area contributed by atoms with Crippen LogP contribution in [0.2, 0.25) is 0 Å². The molecule has 0 radical (unpaired) electrons. The molecule has 0 amide bonds. The second-order valence-electron chi connectivity index (χ2n) is 11.7. The number of benzene rings is 8. The summed E-state index contributed by atoms with van der Waals surface area (Å²) >= 11 is 1.67. The van der Waals surface area contributed by atoms with E-state index < -0.39 is 0 Å². The molecule has 0 N–H and O–H groups in total. The quantitative estimate of drug-likeness (QED) is 0.148. The Bertz CT molecular complexity index is 2650. The molecular weight excluding hydrogens is 565 g/mol. The molecule has 0 saturated heterocycles. The van der Waals surface area contributed by atoms with E-state index in [1.54, 1.807) is 11.3 Å². The van der Waals surface area contributed by atoms with E-state index in [2.05, 4.69) is 133 Å². The van der Waals surface area contributed by atoms with Gasteiger partial charge in [-0.25, -0.2) is 0 Å². The fraction of sp³-hybridized carbons (Fsp3) is 0. The molecule has 0 bridgehead atoms. The maximum atomic E-state index is 13.4. The van der Waals surface area contributed by atoms with Crippen LogP contribution in [0.3, 0.4) is 0 Å². The van der Waals surface area contributed by atoms with E-state index in [0.29, 0.717) is 0 Å². The largest absolute Gasteiger partial charge is 0.289 e. The fourth-order valence-electron chi connectivity index (χ4n) is 6.83. The van der Waals surface area contributed by atoms with Crippen LogP contribution < -0.4 is 5.43 Å². The molecule has 8 aromatic carbocycles. The lowest BCUT2D eigenvalue weighted by Gasteiger charge is -2.13. The molecular formula is C43H26OS. The molecule has 1 nitrogen and oxygen atoms in total. The molecule has 1 aromatic heterocycles. The van der Waals surface area contributed by atoms with Crippen LogP contribution in [0.15, 0.2) is 163 Å². The Balaban J connectivity index is 1.14. The van der Waals surface area contributed by atoms with Crippen molar-refractivity contribution in [3.63, 3.8) is 0 Å². The standard InChI is InChI=1S/C43H26OS/c44-43-38-17-5-6-18-41(38)45-42-22-20-32(26-40(42)43)30-12-8-10-28(24-30)27-9-7-11-29(23-27)31-19-21-37-35-15-2-1-13-33(35)34-14-3-4-16-36(34)39(37)25-31/h1-26H. The summed E-state index contributed by atoms with van der Waals surface area (Å²) in [5, 5.41) is 9.27. The summed E-state index contributed by atoms with van der Waals surface area (Å²) in [6.45, 7) is 0. The molecule has 9 aromatic rings. The van der Waals surface area contributed by atoms with E-state index in [-0.39, 0.29) is 5.43 Å². The highest BCUT2D eigenvalue weighted by Crippen LogP contribution is 2.38. The molecule has 0 aliphatic rings. The lowest BCUT2D eigenvalue weighted by atomic mass is 9.91. The first-order chi connectivity index (χ1) is 22.2. The van der Waals surface area contributed by atoms with Gasteiger partial charge in [-0.2, -0.15) is 0 Å². The van der Waals surface area contributed by atoms with Crippen molar-refractivity contribution in [3.8, 4) is 33.4 Å². The Labute approximate surface area is 264 Å². The van der Waals surface area contributed by atoms with Gasteiger partial charge < -0.3 is 0 Å². The molecule has 0 unspecified atom stereocenters. The first-order valence-corrected chi connectivity index (χ1v) is 16.0. The fourth-order valence-corrected chi connectivity index (χ4v) is 7.88. The lowest BCUT2D eigenvalue weighted by Crippen LogP contribution is -2.00. The van der Waals surface area contributed by atoms with Crippen LogP contribution in [-0.4, -0.2) is 0 Å². The van der Waals surface area contributed by atoms with Crippen LogP contribution in [0.5, 0.6) is 0 Å². The van der Waals surface area contributed by atoms with Crippen molar-refractivity contribution >= 4 is 63.8 Å². The molecule has 9 rings (SSSR count). The van der Waals surface area contributed by atoms with Gasteiger partial charge >= 0.3 is 0 Å². The number of hydrogen-bond acceptors (Lipinski definition) is 2. The average Bonchev–Trinajstić information content (AvgIpc) is 3.12. The Morgan fingerprint density at radius 1 is 0.289 bits per heavy atom. The monoisotopic (exact) mass is 590 g/mol. The van der Waals surface area contributed by atoms with Crippen LogP contribution in [0.1, 0.15) is 0 Å². The number of fused-ring (bicyclic) bond motifs is 8. The van der Waals surface area contributed by atoms with Gasteiger partial charge in [0.05, 0.1) is 0 Å². The number of hydrogen-bond donors (Lipinski definition) is 0. The van der Waals surface area contributed by atoms with E-state index in [1.165, 1.54) is 43.4 Å². The summed E-state index contributed by atoms with van der Waals surface area (Å²) in [6.07, 6.45) is 0. The Morgan fingerprint density at radius 2 is 0.689 bits per heavy atom. The van der Waals surface area contributed by atoms with Gasteiger partial charge in [-0.15, -0.1) is 11.3 Å². The van der Waals surface area contributed by atoms with Gasteiger partial charge in [0.25, 0.3) is 0 Å². The molecule has 0 saturated carbocycles. The Hall–Kier alpha value is -5.57. The SMILES string of the molecule is O=c1c2ccccc2sc2ccc(-c3cccc(-c4cccc(-c5ccc6c7ccccc7c7ccccc7c6c5)c4)c3)cc12. The normalized spacial score (nSPS) is 11.6. The first-order valence-electron chi connectivity index (χ1n) is 15.2. The molecule has 45 heavy (non-hydrogen) atoms. The first kappa shape index (κ1) is 25.9. The van der Waals surface area contributed by atoms with Crippen molar-refractivity contribution in [1.82, 2.24) is 0 Å². The topological polar surface area (TPSA) is 17.1 Å². The van der Waals surface area contributed by atoms with Crippen molar-refractivity contribution in [3.05, 3.63) is 168 Å². The highest BCUT2D eigenvalue weighted by molar-refractivity contribution is 7.24. The van der Waals surface area contributed by atoms with Gasteiger partial charge in [-0.1, -0.05) is 115 Å². The third-order valence-electron chi connectivity index (χ3n) is 9.05. The molecule has 2 heteroatoms. The summed E-state index contributed by atoms with van der Waals surface area (Å²) in [4.78, 5) is 13.4. The second kappa shape index (κ2) is 10.3. The number of rotatable bonds is 3. The smallest absolute Gasteiger partial charge is 0.195 e. The maximum absolute atomic E-state index is 13.4. The van der Waals surface area contributed by atoms with Crippen molar-refractivity contribution < 1.29 is 0 Å². The van der Waals surface area contributed by atoms with Gasteiger partial charge in [0.2, 0.25) is 0 Å². The van der Waals surface area contributed by atoms with Crippen LogP contribution in [-0.2, 0) is 0 Å². The van der Waals surface area contributed by atoms with Gasteiger partial charge in [0, 0.05) is 20.2 Å². The third kappa shape index (κ3) is 4.26. The molecule has 1 heterocycles. The Kier molecular flexibility index (Phi) is 5.90. The predicted octanol–water partition coefficient (Wildman–Crippen LogP) is 11.9. The maximum Gasteiger partial charge on any atom is 0.195 e. The zero-order chi connectivity index (χ0) is 29.9. The summed E-state index contributed by atoms with van der Waals surface area (Å²) in [7, 11) is 0. The summed E-state index contributed by atoms with van der Waals surface area (Å²) < 4.78 is 2.04. The molecule has 0 spiro atoms. The Morgan fingerprint density at radius 3 is 1.27 bits per heavy atom. The van der Waals surface area contributed by atoms with Crippen LogP contribution in [0.25, 0.3) is 85.9 Å². The molecule has 0 aliphatic heterocycles. The summed E-state index contributed by atoms with van der Waals surface area (Å²) in [6, 6.07) is 55.9. The molecule has 210 valence electrons. The van der Waals surface area contributed by atoms with Crippen molar-refractivity contribution in [2.75, 3.05) is 0 Å². The van der Waals surface area contributed by atoms with Crippen molar-refractivity contribution in [2.45, 2.75) is 0 Å². The highest BCUT2D eigenvalue weighted by atomic mass is 32.1. The molecule has 0 atom stereocenters. The van der Waals surface area contributed by atoms with Crippen LogP contribution in [0, 0.1) is 0 Å². The van der Waals surface area contributed by atoms with Crippen molar-refractivity contribution in [2.24, 2.45) is 0 Å². The lowest BCUT2D eigenvalue weighted by molar-refractivity contribution is 1.59. The minimum Gasteiger partial charge on any atom is -0.289 e. The van der Waals surface area contributed by atoms with Gasteiger partial charge in [-0.05, 0) is 108 Å². The van der Waals surface area contributed by atoms with Crippen LogP contribution in [0.4, 0.5) is 0 Å². The zero-order valence-electron chi connectivity index (χ0n) is 24.3. The van der Waals surface area contributed by atoms with Gasteiger partial charge in [0.1, 0.15) is 0 Å². The van der Waals surface area contributed by atoms with Gasteiger partial charge in [0.15, 0.2) is 5.43 Å². The van der Waals surface area contributed by atoms with E-state index in [4.69, 9.17) is 0 Å². The van der Waals surface area contributed by atoms with E-state index in [1.807, 2.05) is 24.3 Å². The average molecular weight is 591 g/mol. The third-order valence-corrected chi connectivity index (χ3v) is 10.2. The second-order valence-corrected chi connectivity index (χ2v) is 12.7. The van der Waals surface area contributed by atoms with E-state index in [9.17, 15) is 4.79 Å². The summed E-state index contributed by atoms with van der Waals surface area (Å²) in [5.41, 5.74) is 6.95. The minimum atomic E-state index is 0.0983. The predicted molar refractivity (Wildman–Crippen MR) is 194 cm³/mol. The zero-order valence-corrected chi connectivity index (χ0v) is 25.1.